The molecular weight excluding hydrogens is 449 g/mol. The van der Waals surface area contributed by atoms with E-state index in [1.165, 1.54) is 0 Å². The lowest BCUT2D eigenvalue weighted by molar-refractivity contribution is 0.0914. The Hall–Kier alpha value is -1.85. The van der Waals surface area contributed by atoms with Crippen molar-refractivity contribution in [2.75, 3.05) is 39.3 Å². The number of aryl methyl sites for hydroxylation is 1. The van der Waals surface area contributed by atoms with Gasteiger partial charge in [-0.25, -0.2) is 9.79 Å². The number of hydrogen-bond donors (Lipinski definition) is 1. The van der Waals surface area contributed by atoms with Crippen molar-refractivity contribution in [2.45, 2.75) is 20.4 Å². The fourth-order valence-electron chi connectivity index (χ4n) is 2.48. The highest BCUT2D eigenvalue weighted by molar-refractivity contribution is 14.0. The zero-order chi connectivity index (χ0) is 18.2. The first-order chi connectivity index (χ1) is 12.1. The molecule has 0 atom stereocenters. The number of nitrogens with one attached hydrogen (secondary N) is 1. The summed E-state index contributed by atoms with van der Waals surface area (Å²) in [7, 11) is 1.93. The highest BCUT2D eigenvalue weighted by atomic mass is 127. The standard InChI is InChI=1S/C16H27N7O2.HI/c1-5-7-17-15(18-12-14-20-19-13(3)21(14)4)22-8-10-23(11-9-22)16(24)25-6-2;/h5H,1,6-12H2,2-4H3,(H,17,18);1H. The van der Waals surface area contributed by atoms with Crippen LogP contribution in [0.3, 0.4) is 0 Å². The lowest BCUT2D eigenvalue weighted by Gasteiger charge is -2.35. The van der Waals surface area contributed by atoms with E-state index in [1.54, 1.807) is 11.0 Å². The summed E-state index contributed by atoms with van der Waals surface area (Å²) in [5, 5.41) is 11.5. The van der Waals surface area contributed by atoms with Gasteiger partial charge in [-0.2, -0.15) is 0 Å². The number of amides is 1. The first kappa shape index (κ1) is 22.2. The summed E-state index contributed by atoms with van der Waals surface area (Å²) in [6.45, 7) is 11.5. The van der Waals surface area contributed by atoms with E-state index in [-0.39, 0.29) is 30.1 Å². The predicted molar refractivity (Wildman–Crippen MR) is 111 cm³/mol. The average molecular weight is 477 g/mol. The second kappa shape index (κ2) is 11.0. The van der Waals surface area contributed by atoms with E-state index in [1.807, 2.05) is 25.5 Å². The van der Waals surface area contributed by atoms with Crippen molar-refractivity contribution in [3.8, 4) is 0 Å². The van der Waals surface area contributed by atoms with Gasteiger partial charge in [-0.15, -0.1) is 40.8 Å². The molecule has 9 nitrogen and oxygen atoms in total. The van der Waals surface area contributed by atoms with E-state index in [9.17, 15) is 4.79 Å². The molecule has 1 fully saturated rings. The fraction of sp³-hybridized carbons (Fsp3) is 0.625. The minimum absolute atomic E-state index is 0. The van der Waals surface area contributed by atoms with E-state index < -0.39 is 0 Å². The third-order valence-electron chi connectivity index (χ3n) is 4.06. The molecule has 0 saturated carbocycles. The molecule has 0 unspecified atom stereocenters. The lowest BCUT2D eigenvalue weighted by Crippen LogP contribution is -2.54. The molecule has 0 bridgehead atoms. The topological polar surface area (TPSA) is 87.9 Å². The number of carbonyl (C=O) groups is 1. The molecule has 146 valence electrons. The van der Waals surface area contributed by atoms with Gasteiger partial charge in [0.1, 0.15) is 12.4 Å². The number of hydrogen-bond acceptors (Lipinski definition) is 5. The van der Waals surface area contributed by atoms with Gasteiger partial charge in [-0.3, -0.25) is 0 Å². The van der Waals surface area contributed by atoms with Crippen LogP contribution in [0, 0.1) is 6.92 Å². The van der Waals surface area contributed by atoms with Crippen LogP contribution in [0.4, 0.5) is 4.79 Å². The van der Waals surface area contributed by atoms with Gasteiger partial charge in [0.2, 0.25) is 0 Å². The maximum Gasteiger partial charge on any atom is 0.409 e. The minimum Gasteiger partial charge on any atom is -0.450 e. The monoisotopic (exact) mass is 477 g/mol. The molecule has 0 spiro atoms. The Morgan fingerprint density at radius 1 is 1.31 bits per heavy atom. The first-order valence-corrected chi connectivity index (χ1v) is 8.47. The molecule has 1 amide bonds. The summed E-state index contributed by atoms with van der Waals surface area (Å²) in [6.07, 6.45) is 1.53. The lowest BCUT2D eigenvalue weighted by atomic mass is 10.3. The molecule has 1 saturated heterocycles. The van der Waals surface area contributed by atoms with Crippen molar-refractivity contribution in [2.24, 2.45) is 12.0 Å². The summed E-state index contributed by atoms with van der Waals surface area (Å²) in [5.74, 6) is 2.44. The summed E-state index contributed by atoms with van der Waals surface area (Å²) >= 11 is 0. The molecule has 10 heteroatoms. The van der Waals surface area contributed by atoms with Crippen LogP contribution in [0.1, 0.15) is 18.6 Å². The Morgan fingerprint density at radius 3 is 2.50 bits per heavy atom. The molecule has 0 aliphatic carbocycles. The molecule has 2 rings (SSSR count). The largest absolute Gasteiger partial charge is 0.450 e. The van der Waals surface area contributed by atoms with Crippen LogP contribution in [-0.4, -0.2) is 75.9 Å². The van der Waals surface area contributed by atoms with Crippen molar-refractivity contribution in [3.63, 3.8) is 0 Å². The molecule has 1 aromatic rings. The quantitative estimate of drug-likeness (QED) is 0.296. The van der Waals surface area contributed by atoms with Gasteiger partial charge in [0.05, 0.1) is 6.61 Å². The highest BCUT2D eigenvalue weighted by Crippen LogP contribution is 2.06. The van der Waals surface area contributed by atoms with Crippen LogP contribution in [0.25, 0.3) is 0 Å². The molecule has 0 aromatic carbocycles. The van der Waals surface area contributed by atoms with Gasteiger partial charge in [0, 0.05) is 39.8 Å². The van der Waals surface area contributed by atoms with Crippen LogP contribution in [0.2, 0.25) is 0 Å². The van der Waals surface area contributed by atoms with Crippen molar-refractivity contribution in [1.29, 1.82) is 0 Å². The van der Waals surface area contributed by atoms with Crippen LogP contribution in [0.5, 0.6) is 0 Å². The van der Waals surface area contributed by atoms with E-state index >= 15 is 0 Å². The Bertz CT molecular complexity index is 624. The van der Waals surface area contributed by atoms with E-state index in [2.05, 4.69) is 32.0 Å². The van der Waals surface area contributed by atoms with Gasteiger partial charge < -0.3 is 24.4 Å². The van der Waals surface area contributed by atoms with Gasteiger partial charge in [0.25, 0.3) is 0 Å². The molecule has 1 aliphatic rings. The number of rotatable bonds is 5. The molecule has 26 heavy (non-hydrogen) atoms. The maximum absolute atomic E-state index is 11.8. The number of nitrogens with zero attached hydrogens (tertiary/aromatic N) is 6. The van der Waals surface area contributed by atoms with Gasteiger partial charge in [0.15, 0.2) is 11.8 Å². The summed E-state index contributed by atoms with van der Waals surface area (Å²) in [6, 6.07) is 0. The molecule has 2 heterocycles. The second-order valence-electron chi connectivity index (χ2n) is 5.70. The van der Waals surface area contributed by atoms with Gasteiger partial charge in [-0.1, -0.05) is 6.08 Å². The van der Waals surface area contributed by atoms with Crippen LogP contribution >= 0.6 is 24.0 Å². The summed E-state index contributed by atoms with van der Waals surface area (Å²) < 4.78 is 6.98. The number of aromatic nitrogens is 3. The molecule has 1 aliphatic heterocycles. The first-order valence-electron chi connectivity index (χ1n) is 8.47. The number of guanidine groups is 1. The highest BCUT2D eigenvalue weighted by Gasteiger charge is 2.23. The van der Waals surface area contributed by atoms with Crippen LogP contribution in [0.15, 0.2) is 17.6 Å². The smallest absolute Gasteiger partial charge is 0.409 e. The number of halogens is 1. The number of piperazine rings is 1. The molecule has 0 radical (unpaired) electrons. The Balaban J connectivity index is 0.00000338. The zero-order valence-corrected chi connectivity index (χ0v) is 18.0. The van der Waals surface area contributed by atoms with Gasteiger partial charge >= 0.3 is 6.09 Å². The van der Waals surface area contributed by atoms with Crippen molar-refractivity contribution in [3.05, 3.63) is 24.3 Å². The minimum atomic E-state index is -0.255. The third-order valence-corrected chi connectivity index (χ3v) is 4.06. The number of ether oxygens (including phenoxy) is 1. The predicted octanol–water partition coefficient (Wildman–Crippen LogP) is 1.15. The van der Waals surface area contributed by atoms with E-state index in [4.69, 9.17) is 4.74 Å². The van der Waals surface area contributed by atoms with Crippen LogP contribution in [-0.2, 0) is 18.3 Å². The second-order valence-corrected chi connectivity index (χ2v) is 5.70. The Kier molecular flexibility index (Phi) is 9.38. The van der Waals surface area contributed by atoms with E-state index in [0.29, 0.717) is 45.9 Å². The third kappa shape index (κ3) is 5.85. The maximum atomic E-state index is 11.8. The number of carbonyl (C=O) groups excluding carboxylic acids is 1. The zero-order valence-electron chi connectivity index (χ0n) is 15.6. The summed E-state index contributed by atoms with van der Waals surface area (Å²) in [4.78, 5) is 20.3. The Morgan fingerprint density at radius 2 is 1.96 bits per heavy atom. The average Bonchev–Trinajstić information content (AvgIpc) is 2.94. The normalized spacial score (nSPS) is 14.7. The Labute approximate surface area is 171 Å². The van der Waals surface area contributed by atoms with Crippen LogP contribution < -0.4 is 5.32 Å². The number of aliphatic imine (C=N–C) groups is 1. The van der Waals surface area contributed by atoms with Crippen molar-refractivity contribution in [1.82, 2.24) is 29.9 Å². The van der Waals surface area contributed by atoms with Crippen molar-refractivity contribution < 1.29 is 9.53 Å². The SMILES string of the molecule is C=CCNC(=NCc1nnc(C)n1C)N1CCN(C(=O)OCC)CC1.I. The molecule has 1 aromatic heterocycles. The molecular formula is C16H28IN7O2. The summed E-state index contributed by atoms with van der Waals surface area (Å²) in [5.41, 5.74) is 0. The van der Waals surface area contributed by atoms with Crippen molar-refractivity contribution >= 4 is 36.0 Å². The van der Waals surface area contributed by atoms with E-state index in [0.717, 1.165) is 17.6 Å². The van der Waals surface area contributed by atoms with Gasteiger partial charge in [-0.05, 0) is 13.8 Å². The molecule has 1 N–H and O–H groups in total. The fourth-order valence-corrected chi connectivity index (χ4v) is 2.48.